The summed E-state index contributed by atoms with van der Waals surface area (Å²) in [5, 5.41) is 20.8. The Kier molecular flexibility index (Phi) is 18.1. The summed E-state index contributed by atoms with van der Waals surface area (Å²) in [4.78, 5) is 20.6. The van der Waals surface area contributed by atoms with Crippen molar-refractivity contribution in [3.05, 3.63) is 57.6 Å². The SMILES string of the molecule is Cl.N.N.Nc1ccc(C(=O)[O-])c(Cl)c1.Nc1ccc(C(=O)[O-])c(Cl)c1.[Pt+2]. The second-order valence-corrected chi connectivity index (χ2v) is 4.87. The number of hydrogen-bond acceptors (Lipinski definition) is 8. The van der Waals surface area contributed by atoms with E-state index in [1.165, 1.54) is 36.4 Å². The number of hydrogen-bond donors (Lipinski definition) is 4. The van der Waals surface area contributed by atoms with E-state index in [1.807, 2.05) is 0 Å². The standard InChI is InChI=1S/2C7H6ClNO2.ClH.2H3N.Pt/c2*8-6-3-4(9)1-2-5(6)7(10)11;;;;/h2*1-3H,9H2,(H,10,11);1H;2*1H3;/q;;;;;+2/p-2. The van der Waals surface area contributed by atoms with Gasteiger partial charge in [-0.05, 0) is 36.4 Å². The third-order valence-electron chi connectivity index (χ3n) is 2.43. The van der Waals surface area contributed by atoms with Gasteiger partial charge in [-0.25, -0.2) is 0 Å². The van der Waals surface area contributed by atoms with Crippen molar-refractivity contribution in [2.24, 2.45) is 0 Å². The first-order valence-electron chi connectivity index (χ1n) is 5.75. The topological polar surface area (TPSA) is 202 Å². The Balaban J connectivity index is -0.000000161. The molecule has 2 aromatic rings. The largest absolute Gasteiger partial charge is 2.00 e. The molecule has 0 aromatic heterocycles. The van der Waals surface area contributed by atoms with Gasteiger partial charge in [-0.1, -0.05) is 23.2 Å². The van der Waals surface area contributed by atoms with Gasteiger partial charge in [0.15, 0.2) is 0 Å². The molecule has 0 aliphatic carbocycles. The predicted molar refractivity (Wildman–Crippen MR) is 97.7 cm³/mol. The van der Waals surface area contributed by atoms with Crippen molar-refractivity contribution in [2.45, 2.75) is 0 Å². The van der Waals surface area contributed by atoms with Crippen LogP contribution in [0.5, 0.6) is 0 Å². The molecule has 0 aliphatic heterocycles. The average Bonchev–Trinajstić information content (AvgIpc) is 2.38. The summed E-state index contributed by atoms with van der Waals surface area (Å²) in [5.74, 6) is -2.59. The second-order valence-electron chi connectivity index (χ2n) is 4.05. The van der Waals surface area contributed by atoms with Crippen LogP contribution < -0.4 is 34.0 Å². The molecule has 10 N–H and O–H groups in total. The van der Waals surface area contributed by atoms with E-state index in [1.54, 1.807) is 0 Å². The summed E-state index contributed by atoms with van der Waals surface area (Å²) in [5.41, 5.74) is 11.4. The van der Waals surface area contributed by atoms with E-state index in [2.05, 4.69) is 0 Å². The van der Waals surface area contributed by atoms with Crippen LogP contribution in [0.1, 0.15) is 20.7 Å². The number of benzene rings is 2. The maximum absolute atomic E-state index is 10.3. The maximum Gasteiger partial charge on any atom is 2.00 e. The number of anilines is 2. The van der Waals surface area contributed by atoms with Crippen LogP contribution >= 0.6 is 35.6 Å². The Morgan fingerprint density at radius 2 is 1.04 bits per heavy atom. The van der Waals surface area contributed by atoms with E-state index in [9.17, 15) is 19.8 Å². The van der Waals surface area contributed by atoms with Crippen LogP contribution in [0.2, 0.25) is 10.0 Å². The summed E-state index contributed by atoms with van der Waals surface area (Å²) in [6.45, 7) is 0. The molecule has 148 valence electrons. The van der Waals surface area contributed by atoms with Crippen molar-refractivity contribution in [1.82, 2.24) is 12.3 Å². The van der Waals surface area contributed by atoms with Gasteiger partial charge >= 0.3 is 21.1 Å². The monoisotopic (exact) mass is 605 g/mol. The van der Waals surface area contributed by atoms with Crippen molar-refractivity contribution in [3.63, 3.8) is 0 Å². The molecule has 0 radical (unpaired) electrons. The van der Waals surface area contributed by atoms with Crippen molar-refractivity contribution in [2.75, 3.05) is 11.5 Å². The van der Waals surface area contributed by atoms with E-state index in [-0.39, 0.29) is 66.9 Å². The van der Waals surface area contributed by atoms with Gasteiger partial charge in [0.1, 0.15) is 0 Å². The zero-order chi connectivity index (χ0) is 16.9. The van der Waals surface area contributed by atoms with Gasteiger partial charge in [0.25, 0.3) is 0 Å². The van der Waals surface area contributed by atoms with E-state index in [4.69, 9.17) is 34.7 Å². The minimum Gasteiger partial charge on any atom is -0.545 e. The van der Waals surface area contributed by atoms with Gasteiger partial charge in [0.2, 0.25) is 0 Å². The Labute approximate surface area is 180 Å². The molecule has 0 fully saturated rings. The van der Waals surface area contributed by atoms with Gasteiger partial charge in [-0.2, -0.15) is 0 Å². The summed E-state index contributed by atoms with van der Waals surface area (Å²) in [7, 11) is 0. The molecule has 0 saturated heterocycles. The fourth-order valence-corrected chi connectivity index (χ4v) is 1.93. The predicted octanol–water partition coefficient (Wildman–Crippen LogP) is 1.31. The zero-order valence-corrected chi connectivity index (χ0v) is 17.7. The first-order valence-corrected chi connectivity index (χ1v) is 6.50. The molecule has 0 spiro atoms. The third kappa shape index (κ3) is 9.82. The minimum absolute atomic E-state index is 0. The molecular weight excluding hydrogens is 590 g/mol. The zero-order valence-electron chi connectivity index (χ0n) is 13.1. The van der Waals surface area contributed by atoms with Gasteiger partial charge in [-0.3, -0.25) is 0 Å². The van der Waals surface area contributed by atoms with E-state index in [0.29, 0.717) is 11.4 Å². The van der Waals surface area contributed by atoms with E-state index < -0.39 is 11.9 Å². The van der Waals surface area contributed by atoms with Gasteiger partial charge in [-0.15, -0.1) is 12.4 Å². The molecule has 8 nitrogen and oxygen atoms in total. The summed E-state index contributed by atoms with van der Waals surface area (Å²) in [6, 6.07) is 8.27. The Hall–Kier alpha value is -1.54. The summed E-state index contributed by atoms with van der Waals surface area (Å²) < 4.78 is 0. The third-order valence-corrected chi connectivity index (χ3v) is 3.05. The molecule has 0 heterocycles. The number of carbonyl (C=O) groups is 2. The number of carboxylic acid groups (broad SMARTS) is 2. The van der Waals surface area contributed by atoms with Gasteiger partial charge in [0, 0.05) is 22.5 Å². The first-order chi connectivity index (χ1) is 10.2. The molecule has 0 atom stereocenters. The van der Waals surface area contributed by atoms with Crippen LogP contribution in [-0.4, -0.2) is 11.9 Å². The second kappa shape index (κ2) is 14.6. The quantitative estimate of drug-likeness (QED) is 0.366. The molecule has 0 bridgehead atoms. The molecule has 0 aliphatic rings. The molecule has 26 heavy (non-hydrogen) atoms. The van der Waals surface area contributed by atoms with Crippen LogP contribution in [-0.2, 0) is 21.1 Å². The van der Waals surface area contributed by atoms with Crippen LogP contribution in [0.25, 0.3) is 0 Å². The first kappa shape index (κ1) is 32.2. The van der Waals surface area contributed by atoms with E-state index in [0.717, 1.165) is 0 Å². The van der Waals surface area contributed by atoms with Gasteiger partial charge < -0.3 is 43.6 Å². The molecule has 12 heteroatoms. The number of carbonyl (C=O) groups excluding carboxylic acids is 2. The Morgan fingerprint density at radius 1 is 0.769 bits per heavy atom. The van der Waals surface area contributed by atoms with Crippen molar-refractivity contribution in [3.8, 4) is 0 Å². The van der Waals surface area contributed by atoms with Crippen LogP contribution in [0.4, 0.5) is 11.4 Å². The molecule has 0 unspecified atom stereocenters. The number of rotatable bonds is 2. The number of aromatic carboxylic acids is 2. The normalized spacial score (nSPS) is 8.08. The maximum atomic E-state index is 10.3. The fraction of sp³-hybridized carbons (Fsp3) is 0. The average molecular weight is 607 g/mol. The van der Waals surface area contributed by atoms with Crippen LogP contribution in [0.3, 0.4) is 0 Å². The number of nitrogen functional groups attached to an aromatic ring is 2. The van der Waals surface area contributed by atoms with Crippen molar-refractivity contribution >= 4 is 58.9 Å². The minimum atomic E-state index is -1.30. The molecular formula is C14H17Cl3N4O4Pt. The fourth-order valence-electron chi connectivity index (χ4n) is 1.39. The summed E-state index contributed by atoms with van der Waals surface area (Å²) >= 11 is 11.0. The molecule has 0 amide bonds. The van der Waals surface area contributed by atoms with Crippen molar-refractivity contribution < 1.29 is 40.9 Å². The molecule has 0 saturated carbocycles. The number of halogens is 3. The van der Waals surface area contributed by atoms with Crippen molar-refractivity contribution in [1.29, 1.82) is 0 Å². The van der Waals surface area contributed by atoms with Gasteiger partial charge in [0.05, 0.1) is 22.0 Å². The number of nitrogens with two attached hydrogens (primary N) is 2. The molecule has 2 rings (SSSR count). The number of carboxylic acids is 2. The Bertz CT molecular complexity index is 674. The van der Waals surface area contributed by atoms with Crippen LogP contribution in [0, 0.1) is 0 Å². The summed E-state index contributed by atoms with van der Waals surface area (Å²) in [6.07, 6.45) is 0. The van der Waals surface area contributed by atoms with E-state index >= 15 is 0 Å². The Morgan fingerprint density at radius 3 is 1.23 bits per heavy atom. The smallest absolute Gasteiger partial charge is 0.545 e. The molecule has 2 aromatic carbocycles. The van der Waals surface area contributed by atoms with Crippen LogP contribution in [0.15, 0.2) is 36.4 Å².